The molecule has 0 saturated carbocycles. The van der Waals surface area contributed by atoms with Gasteiger partial charge in [-0.15, -0.1) is 11.3 Å². The molecule has 152 valence electrons. The molecule has 0 unspecified atom stereocenters. The van der Waals surface area contributed by atoms with E-state index >= 15 is 0 Å². The van der Waals surface area contributed by atoms with Crippen molar-refractivity contribution in [2.45, 2.75) is 30.0 Å². The Morgan fingerprint density at radius 1 is 1.48 bits per heavy atom. The van der Waals surface area contributed by atoms with Crippen molar-refractivity contribution in [1.82, 2.24) is 14.5 Å². The van der Waals surface area contributed by atoms with Gasteiger partial charge in [-0.25, -0.2) is 13.2 Å². The van der Waals surface area contributed by atoms with E-state index in [2.05, 4.69) is 10.3 Å². The maximum atomic E-state index is 12.3. The summed E-state index contributed by atoms with van der Waals surface area (Å²) in [6, 6.07) is 3.42. The number of likely N-dealkylation sites (N-methyl/N-ethyl adjacent to an activating group) is 1. The van der Waals surface area contributed by atoms with Crippen molar-refractivity contribution < 1.29 is 17.9 Å². The SMILES string of the molecule is CCOC(=O)N1CCC(NC(N)=NCCN(C)S(=O)(=O)c2cccs2)CC1. The Morgan fingerprint density at radius 3 is 2.78 bits per heavy atom. The number of hydrogen-bond acceptors (Lipinski definition) is 6. The third kappa shape index (κ3) is 6.08. The number of rotatable bonds is 7. The topological polar surface area (TPSA) is 117 Å². The van der Waals surface area contributed by atoms with Gasteiger partial charge in [0.1, 0.15) is 4.21 Å². The lowest BCUT2D eigenvalue weighted by molar-refractivity contribution is 0.0963. The van der Waals surface area contributed by atoms with Crippen LogP contribution in [0.3, 0.4) is 0 Å². The number of carbonyl (C=O) groups excluding carboxylic acids is 1. The molecule has 3 N–H and O–H groups in total. The monoisotopic (exact) mass is 417 g/mol. The van der Waals surface area contributed by atoms with Gasteiger partial charge in [0.15, 0.2) is 5.96 Å². The van der Waals surface area contributed by atoms with Crippen molar-refractivity contribution in [3.63, 3.8) is 0 Å². The third-order valence-corrected chi connectivity index (χ3v) is 7.46. The molecule has 11 heteroatoms. The molecule has 27 heavy (non-hydrogen) atoms. The van der Waals surface area contributed by atoms with Gasteiger partial charge in [-0.3, -0.25) is 4.99 Å². The smallest absolute Gasteiger partial charge is 0.409 e. The minimum atomic E-state index is -3.47. The van der Waals surface area contributed by atoms with Gasteiger partial charge in [-0.2, -0.15) is 4.31 Å². The molecule has 1 aliphatic rings. The second-order valence-electron chi connectivity index (χ2n) is 6.13. The lowest BCUT2D eigenvalue weighted by atomic mass is 10.1. The summed E-state index contributed by atoms with van der Waals surface area (Å²) in [7, 11) is -1.94. The number of nitrogens with two attached hydrogens (primary N) is 1. The molecule has 1 saturated heterocycles. The summed E-state index contributed by atoms with van der Waals surface area (Å²) < 4.78 is 31.2. The van der Waals surface area contributed by atoms with Crippen LogP contribution in [0.15, 0.2) is 26.7 Å². The van der Waals surface area contributed by atoms with Crippen molar-refractivity contribution in [2.75, 3.05) is 39.8 Å². The fraction of sp³-hybridized carbons (Fsp3) is 0.625. The van der Waals surface area contributed by atoms with Crippen molar-refractivity contribution in [3.05, 3.63) is 17.5 Å². The number of nitrogens with one attached hydrogen (secondary N) is 1. The first-order chi connectivity index (χ1) is 12.8. The Balaban J connectivity index is 1.74. The zero-order valence-electron chi connectivity index (χ0n) is 15.6. The van der Waals surface area contributed by atoms with Crippen LogP contribution in [0.5, 0.6) is 0 Å². The highest BCUT2D eigenvalue weighted by molar-refractivity contribution is 7.91. The Kier molecular flexibility index (Phi) is 7.87. The molecular formula is C16H27N5O4S2. The normalized spacial score (nSPS) is 16.6. The Morgan fingerprint density at radius 2 is 2.19 bits per heavy atom. The summed E-state index contributed by atoms with van der Waals surface area (Å²) in [4.78, 5) is 17.6. The fourth-order valence-corrected chi connectivity index (χ4v) is 5.03. The number of aliphatic imine (C=N–C) groups is 1. The lowest BCUT2D eigenvalue weighted by Crippen LogP contribution is -2.48. The van der Waals surface area contributed by atoms with Crippen LogP contribution in [-0.2, 0) is 14.8 Å². The molecule has 2 heterocycles. The first kappa shape index (κ1) is 21.5. The highest BCUT2D eigenvalue weighted by Crippen LogP contribution is 2.19. The maximum absolute atomic E-state index is 12.3. The highest BCUT2D eigenvalue weighted by Gasteiger charge is 2.24. The Hall–Kier alpha value is -1.85. The van der Waals surface area contributed by atoms with Gasteiger partial charge in [0, 0.05) is 32.7 Å². The molecule has 0 radical (unpaired) electrons. The second-order valence-corrected chi connectivity index (χ2v) is 9.35. The lowest BCUT2D eigenvalue weighted by Gasteiger charge is -2.31. The Labute approximate surface area is 164 Å². The standard InChI is InChI=1S/C16H27N5O4S2/c1-3-25-16(22)21-9-6-13(7-10-21)19-15(17)18-8-11-20(2)27(23,24)14-5-4-12-26-14/h4-5,12-13H,3,6-11H2,1-2H3,(H3,17,18,19). The molecule has 1 aliphatic heterocycles. The third-order valence-electron chi connectivity index (χ3n) is 4.23. The van der Waals surface area contributed by atoms with Gasteiger partial charge in [0.2, 0.25) is 0 Å². The van der Waals surface area contributed by atoms with E-state index in [4.69, 9.17) is 10.5 Å². The van der Waals surface area contributed by atoms with Gasteiger partial charge in [0.25, 0.3) is 10.0 Å². The molecule has 0 aliphatic carbocycles. The van der Waals surface area contributed by atoms with Crippen molar-refractivity contribution in [1.29, 1.82) is 0 Å². The van der Waals surface area contributed by atoms with E-state index in [0.29, 0.717) is 23.9 Å². The molecule has 0 bridgehead atoms. The minimum Gasteiger partial charge on any atom is -0.450 e. The largest absolute Gasteiger partial charge is 0.450 e. The maximum Gasteiger partial charge on any atom is 0.409 e. The molecule has 1 fully saturated rings. The summed E-state index contributed by atoms with van der Waals surface area (Å²) in [6.07, 6.45) is 1.22. The first-order valence-electron chi connectivity index (χ1n) is 8.82. The molecule has 0 atom stereocenters. The zero-order valence-corrected chi connectivity index (χ0v) is 17.3. The number of likely N-dealkylation sites (tertiary alicyclic amines) is 1. The molecular weight excluding hydrogens is 390 g/mol. The van der Waals surface area contributed by atoms with Gasteiger partial charge in [-0.05, 0) is 31.2 Å². The average Bonchev–Trinajstić information content (AvgIpc) is 3.18. The van der Waals surface area contributed by atoms with Crippen molar-refractivity contribution in [3.8, 4) is 0 Å². The van der Waals surface area contributed by atoms with Gasteiger partial charge < -0.3 is 20.7 Å². The predicted molar refractivity (Wildman–Crippen MR) is 105 cm³/mol. The molecule has 2 rings (SSSR count). The number of ether oxygens (including phenoxy) is 1. The average molecular weight is 418 g/mol. The van der Waals surface area contributed by atoms with Crippen molar-refractivity contribution in [2.24, 2.45) is 10.7 Å². The van der Waals surface area contributed by atoms with Gasteiger partial charge >= 0.3 is 6.09 Å². The highest BCUT2D eigenvalue weighted by atomic mass is 32.2. The van der Waals surface area contributed by atoms with Crippen LogP contribution in [-0.4, -0.2) is 75.6 Å². The minimum absolute atomic E-state index is 0.131. The van der Waals surface area contributed by atoms with Crippen LogP contribution in [0.4, 0.5) is 4.79 Å². The number of piperidine rings is 1. The first-order valence-corrected chi connectivity index (χ1v) is 11.1. The van der Waals surface area contributed by atoms with Crippen LogP contribution in [0.25, 0.3) is 0 Å². The number of thiophene rings is 1. The molecule has 9 nitrogen and oxygen atoms in total. The van der Waals surface area contributed by atoms with Crippen LogP contribution < -0.4 is 11.1 Å². The van der Waals surface area contributed by atoms with E-state index in [0.717, 1.165) is 12.8 Å². The van der Waals surface area contributed by atoms with E-state index in [1.54, 1.807) is 29.3 Å². The van der Waals surface area contributed by atoms with Crippen LogP contribution in [0, 0.1) is 0 Å². The molecule has 0 aromatic carbocycles. The summed E-state index contributed by atoms with van der Waals surface area (Å²) >= 11 is 1.19. The van der Waals surface area contributed by atoms with Gasteiger partial charge in [-0.1, -0.05) is 6.07 Å². The number of hydrogen-bond donors (Lipinski definition) is 2. The quantitative estimate of drug-likeness (QED) is 0.503. The van der Waals surface area contributed by atoms with E-state index in [9.17, 15) is 13.2 Å². The Bertz CT molecular complexity index is 728. The molecule has 1 aromatic heterocycles. The van der Waals surface area contributed by atoms with E-state index in [1.807, 2.05) is 0 Å². The number of carbonyl (C=O) groups is 1. The van der Waals surface area contributed by atoms with Crippen LogP contribution in [0.1, 0.15) is 19.8 Å². The molecule has 1 amide bonds. The van der Waals surface area contributed by atoms with E-state index in [-0.39, 0.29) is 31.2 Å². The summed E-state index contributed by atoms with van der Waals surface area (Å²) in [5, 5.41) is 4.86. The summed E-state index contributed by atoms with van der Waals surface area (Å²) in [6.45, 7) is 3.86. The summed E-state index contributed by atoms with van der Waals surface area (Å²) in [5.41, 5.74) is 5.90. The number of nitrogens with zero attached hydrogens (tertiary/aromatic N) is 3. The zero-order chi connectivity index (χ0) is 19.9. The summed E-state index contributed by atoms with van der Waals surface area (Å²) in [5.74, 6) is 0.284. The van der Waals surface area contributed by atoms with E-state index in [1.165, 1.54) is 22.7 Å². The van der Waals surface area contributed by atoms with Crippen LogP contribution >= 0.6 is 11.3 Å². The second kappa shape index (κ2) is 9.90. The fourth-order valence-electron chi connectivity index (χ4n) is 2.67. The molecule has 0 spiro atoms. The molecule has 1 aromatic rings. The number of sulfonamides is 1. The van der Waals surface area contributed by atoms with Gasteiger partial charge in [0.05, 0.1) is 13.2 Å². The van der Waals surface area contributed by atoms with Crippen molar-refractivity contribution >= 4 is 33.4 Å². The van der Waals surface area contributed by atoms with E-state index < -0.39 is 10.0 Å². The number of guanidine groups is 1. The predicted octanol–water partition coefficient (Wildman–Crippen LogP) is 0.894. The van der Waals surface area contributed by atoms with Crippen LogP contribution in [0.2, 0.25) is 0 Å². The number of amides is 1.